The molecule has 1 unspecified atom stereocenters. The van der Waals surface area contributed by atoms with Gasteiger partial charge in [0, 0.05) is 22.1 Å². The van der Waals surface area contributed by atoms with Crippen LogP contribution in [0.4, 0.5) is 13.2 Å². The Labute approximate surface area is 168 Å². The van der Waals surface area contributed by atoms with Crippen molar-refractivity contribution < 1.29 is 22.8 Å². The normalized spacial score (nSPS) is 12.5. The highest BCUT2D eigenvalue weighted by molar-refractivity contribution is 6.39. The summed E-state index contributed by atoms with van der Waals surface area (Å²) in [6, 6.07) is 2.24. The fraction of sp³-hybridized carbons (Fsp3) is 0.375. The van der Waals surface area contributed by atoms with Crippen LogP contribution in [0.2, 0.25) is 15.1 Å². The Balaban J connectivity index is 2.36. The summed E-state index contributed by atoms with van der Waals surface area (Å²) in [6.45, 7) is 1.57. The largest absolute Gasteiger partial charge is 0.284 e. The van der Waals surface area contributed by atoms with Crippen LogP contribution in [0, 0.1) is 5.95 Å². The smallest absolute Gasteiger partial charge is 0.274 e. The lowest BCUT2D eigenvalue weighted by Crippen LogP contribution is -2.39. The number of hydrogen-bond donors (Lipinski definition) is 0. The van der Waals surface area contributed by atoms with E-state index in [2.05, 4.69) is 5.10 Å². The molecule has 1 heterocycles. The number of aromatic nitrogens is 2. The highest BCUT2D eigenvalue weighted by Gasteiger charge is 2.34. The summed E-state index contributed by atoms with van der Waals surface area (Å²) in [5.41, 5.74) is -1.34. The van der Waals surface area contributed by atoms with Crippen molar-refractivity contribution in [3.8, 4) is 0 Å². The van der Waals surface area contributed by atoms with Gasteiger partial charge in [-0.2, -0.15) is 9.49 Å². The summed E-state index contributed by atoms with van der Waals surface area (Å²) in [7, 11) is 2.28. The van der Waals surface area contributed by atoms with Crippen LogP contribution in [0.25, 0.3) is 0 Å². The van der Waals surface area contributed by atoms with E-state index in [1.165, 1.54) is 12.1 Å². The van der Waals surface area contributed by atoms with E-state index in [1.54, 1.807) is 6.92 Å². The van der Waals surface area contributed by atoms with Gasteiger partial charge >= 0.3 is 0 Å². The Morgan fingerprint density at radius 1 is 1.30 bits per heavy atom. The number of halogens is 6. The maximum Gasteiger partial charge on any atom is 0.284 e. The topological polar surface area (TPSA) is 47.4 Å². The van der Waals surface area contributed by atoms with Crippen LogP contribution < -0.4 is 0 Å². The van der Waals surface area contributed by atoms with E-state index in [-0.39, 0.29) is 16.5 Å². The molecule has 2 rings (SSSR count). The van der Waals surface area contributed by atoms with Crippen molar-refractivity contribution in [3.63, 3.8) is 0 Å². The predicted octanol–water partition coefficient (Wildman–Crippen LogP) is 5.09. The van der Waals surface area contributed by atoms with Gasteiger partial charge in [0.1, 0.15) is 11.3 Å². The fourth-order valence-corrected chi connectivity index (χ4v) is 3.56. The number of carbonyl (C=O) groups is 1. The van der Waals surface area contributed by atoms with E-state index in [0.29, 0.717) is 15.3 Å². The number of hydroxylamine groups is 2. The van der Waals surface area contributed by atoms with Gasteiger partial charge in [-0.25, -0.2) is 18.5 Å². The maximum absolute atomic E-state index is 14.2. The van der Waals surface area contributed by atoms with Crippen LogP contribution >= 0.6 is 34.8 Å². The minimum absolute atomic E-state index is 0.111. The van der Waals surface area contributed by atoms with E-state index in [1.807, 2.05) is 0 Å². The number of carbonyl (C=O) groups excluding carboxylic acids is 1. The zero-order chi connectivity index (χ0) is 20.5. The first-order chi connectivity index (χ1) is 12.6. The first-order valence-corrected chi connectivity index (χ1v) is 8.73. The average molecular weight is 445 g/mol. The van der Waals surface area contributed by atoms with E-state index in [4.69, 9.17) is 39.6 Å². The molecule has 27 heavy (non-hydrogen) atoms. The molecule has 0 spiro atoms. The van der Waals surface area contributed by atoms with Crippen LogP contribution in [0.3, 0.4) is 0 Å². The van der Waals surface area contributed by atoms with Crippen molar-refractivity contribution in [2.75, 3.05) is 7.11 Å². The molecular weight excluding hydrogens is 430 g/mol. The first kappa shape index (κ1) is 21.8. The van der Waals surface area contributed by atoms with Crippen molar-refractivity contribution in [3.05, 3.63) is 50.0 Å². The zero-order valence-corrected chi connectivity index (χ0v) is 16.7. The molecule has 0 saturated carbocycles. The molecule has 0 saturated heterocycles. The predicted molar refractivity (Wildman–Crippen MR) is 95.9 cm³/mol. The van der Waals surface area contributed by atoms with Crippen LogP contribution in [0.1, 0.15) is 35.0 Å². The zero-order valence-electron chi connectivity index (χ0n) is 14.4. The quantitative estimate of drug-likeness (QED) is 0.583. The first-order valence-electron chi connectivity index (χ1n) is 7.60. The standard InChI is InChI=1S/C16H15Cl3F3N3O2/c1-7(4-9-10(18)5-8(17)6-11(9)19)25(27-3)16(26)12-13(14(20)21)23-24(2)15(12)22/h5-7,14H,4H2,1-3H3. The second-order valence-corrected chi connectivity index (χ2v) is 6.94. The van der Waals surface area contributed by atoms with E-state index in [9.17, 15) is 18.0 Å². The molecule has 11 heteroatoms. The Hall–Kier alpha value is -1.48. The van der Waals surface area contributed by atoms with Crippen LogP contribution in [-0.4, -0.2) is 33.9 Å². The molecule has 0 aliphatic heterocycles. The number of rotatable bonds is 6. The van der Waals surface area contributed by atoms with Crippen LogP contribution in [-0.2, 0) is 18.3 Å². The van der Waals surface area contributed by atoms with Gasteiger partial charge in [-0.3, -0.25) is 9.63 Å². The SMILES string of the molecule is CON(C(=O)c1c(C(F)F)nn(C)c1F)C(C)Cc1c(Cl)cc(Cl)cc1Cl. The number of hydrogen-bond acceptors (Lipinski definition) is 3. The lowest BCUT2D eigenvalue weighted by molar-refractivity contribution is -0.119. The summed E-state index contributed by atoms with van der Waals surface area (Å²) in [6.07, 6.45) is -3.02. The summed E-state index contributed by atoms with van der Waals surface area (Å²) < 4.78 is 41.0. The third-order valence-electron chi connectivity index (χ3n) is 3.83. The highest BCUT2D eigenvalue weighted by atomic mass is 35.5. The number of nitrogens with zero attached hydrogens (tertiary/aromatic N) is 3. The molecule has 1 aromatic heterocycles. The number of aryl methyl sites for hydroxylation is 1. The molecule has 1 atom stereocenters. The van der Waals surface area contributed by atoms with E-state index < -0.39 is 35.6 Å². The second kappa shape index (κ2) is 8.68. The van der Waals surface area contributed by atoms with Crippen molar-refractivity contribution in [2.45, 2.75) is 25.8 Å². The molecule has 0 radical (unpaired) electrons. The third-order valence-corrected chi connectivity index (χ3v) is 4.72. The number of amides is 1. The van der Waals surface area contributed by atoms with Gasteiger partial charge < -0.3 is 0 Å². The third kappa shape index (κ3) is 4.51. The number of alkyl halides is 2. The van der Waals surface area contributed by atoms with E-state index >= 15 is 0 Å². The molecule has 0 bridgehead atoms. The summed E-state index contributed by atoms with van der Waals surface area (Å²) in [5, 5.41) is 5.00. The monoisotopic (exact) mass is 443 g/mol. The summed E-state index contributed by atoms with van der Waals surface area (Å²) in [5.74, 6) is -2.28. The van der Waals surface area contributed by atoms with Gasteiger partial charge in [-0.05, 0) is 31.0 Å². The Morgan fingerprint density at radius 2 is 1.85 bits per heavy atom. The maximum atomic E-state index is 14.2. The lowest BCUT2D eigenvalue weighted by atomic mass is 10.1. The average Bonchev–Trinajstić information content (AvgIpc) is 2.87. The molecule has 1 aromatic carbocycles. The molecular formula is C16H15Cl3F3N3O2. The minimum Gasteiger partial charge on any atom is -0.274 e. The van der Waals surface area contributed by atoms with Gasteiger partial charge in [0.25, 0.3) is 12.3 Å². The highest BCUT2D eigenvalue weighted by Crippen LogP contribution is 2.31. The summed E-state index contributed by atoms with van der Waals surface area (Å²) >= 11 is 18.1. The Morgan fingerprint density at radius 3 is 2.33 bits per heavy atom. The molecule has 0 fully saturated rings. The second-order valence-electron chi connectivity index (χ2n) is 5.69. The molecule has 0 N–H and O–H groups in total. The van der Waals surface area contributed by atoms with Crippen molar-refractivity contribution in [2.24, 2.45) is 7.05 Å². The van der Waals surface area contributed by atoms with Crippen LogP contribution in [0.15, 0.2) is 12.1 Å². The van der Waals surface area contributed by atoms with Gasteiger partial charge in [0.05, 0.1) is 13.2 Å². The Bertz CT molecular complexity index is 838. The van der Waals surface area contributed by atoms with Gasteiger partial charge in [-0.1, -0.05) is 34.8 Å². The molecule has 0 aliphatic rings. The van der Waals surface area contributed by atoms with Gasteiger partial charge in [-0.15, -0.1) is 0 Å². The molecule has 1 amide bonds. The van der Waals surface area contributed by atoms with Crippen LogP contribution in [0.5, 0.6) is 0 Å². The van der Waals surface area contributed by atoms with Gasteiger partial charge in [0.15, 0.2) is 0 Å². The van der Waals surface area contributed by atoms with Gasteiger partial charge in [0.2, 0.25) is 5.95 Å². The number of benzene rings is 1. The fourth-order valence-electron chi connectivity index (χ4n) is 2.59. The van der Waals surface area contributed by atoms with Crippen molar-refractivity contribution in [1.29, 1.82) is 0 Å². The van der Waals surface area contributed by atoms with E-state index in [0.717, 1.165) is 19.2 Å². The minimum atomic E-state index is -3.13. The molecule has 0 aliphatic carbocycles. The molecule has 148 valence electrons. The van der Waals surface area contributed by atoms with Crippen molar-refractivity contribution >= 4 is 40.7 Å². The Kier molecular flexibility index (Phi) is 7.02. The van der Waals surface area contributed by atoms with Crippen molar-refractivity contribution in [1.82, 2.24) is 14.8 Å². The summed E-state index contributed by atoms with van der Waals surface area (Å²) in [4.78, 5) is 17.7. The lowest BCUT2D eigenvalue weighted by Gasteiger charge is -2.27. The molecule has 5 nitrogen and oxygen atoms in total. The molecule has 2 aromatic rings.